The fraction of sp³-hybridized carbons (Fsp3) is 0.650. The van der Waals surface area contributed by atoms with Crippen molar-refractivity contribution in [1.29, 1.82) is 0 Å². The molecule has 4 atom stereocenters. The van der Waals surface area contributed by atoms with Crippen LogP contribution in [0.3, 0.4) is 0 Å². The molecule has 0 saturated heterocycles. The molecule has 1 aliphatic rings. The summed E-state index contributed by atoms with van der Waals surface area (Å²) in [6.45, 7) is 6.69. The molecule has 0 amide bonds. The lowest BCUT2D eigenvalue weighted by Crippen LogP contribution is -2.39. The van der Waals surface area contributed by atoms with Gasteiger partial charge in [0.1, 0.15) is 6.10 Å². The predicted molar refractivity (Wildman–Crippen MR) is 92.2 cm³/mol. The van der Waals surface area contributed by atoms with Crippen LogP contribution in [-0.4, -0.2) is 25.3 Å². The zero-order valence-corrected chi connectivity index (χ0v) is 14.8. The quantitative estimate of drug-likeness (QED) is 0.736. The van der Waals surface area contributed by atoms with Gasteiger partial charge in [-0.2, -0.15) is 0 Å². The normalized spacial score (nSPS) is 26.0. The maximum absolute atomic E-state index is 12.6. The Morgan fingerprint density at radius 3 is 2.52 bits per heavy atom. The van der Waals surface area contributed by atoms with Crippen LogP contribution in [0.1, 0.15) is 45.6 Å². The van der Waals surface area contributed by atoms with Gasteiger partial charge in [0.15, 0.2) is 6.10 Å². The van der Waals surface area contributed by atoms with Gasteiger partial charge in [0.25, 0.3) is 0 Å². The smallest absolute Gasteiger partial charge is 0.335 e. The SMILES string of the molecule is CO[C@@H](Cc1ccccc1)C(=O)O[C@@H]1C[C@H](C)CC[C@@H]1C(C)C. The van der Waals surface area contributed by atoms with Crippen LogP contribution in [0.4, 0.5) is 0 Å². The molecule has 23 heavy (non-hydrogen) atoms. The molecule has 0 spiro atoms. The molecule has 1 aliphatic carbocycles. The predicted octanol–water partition coefficient (Wildman–Crippen LogP) is 4.25. The first-order chi connectivity index (χ1) is 11.0. The largest absolute Gasteiger partial charge is 0.460 e. The van der Waals surface area contributed by atoms with Crippen molar-refractivity contribution in [3.05, 3.63) is 35.9 Å². The van der Waals surface area contributed by atoms with E-state index in [0.29, 0.717) is 24.2 Å². The van der Waals surface area contributed by atoms with Gasteiger partial charge in [-0.3, -0.25) is 0 Å². The molecule has 1 aromatic carbocycles. The van der Waals surface area contributed by atoms with E-state index >= 15 is 0 Å². The standard InChI is InChI=1S/C20H30O3/c1-14(2)17-11-10-15(3)12-18(17)23-20(21)19(22-4)13-16-8-6-5-7-9-16/h5-9,14-15,17-19H,10-13H2,1-4H3/t15-,17-,18-,19+/m1/s1. The minimum Gasteiger partial charge on any atom is -0.460 e. The van der Waals surface area contributed by atoms with E-state index in [0.717, 1.165) is 18.4 Å². The summed E-state index contributed by atoms with van der Waals surface area (Å²) in [6.07, 6.45) is 3.41. The van der Waals surface area contributed by atoms with Crippen LogP contribution in [-0.2, 0) is 20.7 Å². The Morgan fingerprint density at radius 2 is 1.91 bits per heavy atom. The number of hydrogen-bond acceptors (Lipinski definition) is 3. The lowest BCUT2D eigenvalue weighted by Gasteiger charge is -2.37. The van der Waals surface area contributed by atoms with Crippen molar-refractivity contribution in [3.8, 4) is 0 Å². The molecule has 1 aromatic rings. The Balaban J connectivity index is 1.99. The van der Waals surface area contributed by atoms with Crippen molar-refractivity contribution in [2.45, 2.75) is 58.7 Å². The third-order valence-corrected chi connectivity index (χ3v) is 5.04. The van der Waals surface area contributed by atoms with Crippen molar-refractivity contribution in [3.63, 3.8) is 0 Å². The Hall–Kier alpha value is -1.35. The van der Waals surface area contributed by atoms with Crippen molar-refractivity contribution < 1.29 is 14.3 Å². The summed E-state index contributed by atoms with van der Waals surface area (Å²) in [6, 6.07) is 9.95. The van der Waals surface area contributed by atoms with Gasteiger partial charge < -0.3 is 9.47 Å². The lowest BCUT2D eigenvalue weighted by atomic mass is 9.75. The first kappa shape index (κ1) is 18.0. The molecular weight excluding hydrogens is 288 g/mol. The Morgan fingerprint density at radius 1 is 1.22 bits per heavy atom. The second kappa shape index (κ2) is 8.49. The molecule has 0 aromatic heterocycles. The second-order valence-electron chi connectivity index (χ2n) is 7.22. The van der Waals surface area contributed by atoms with E-state index in [9.17, 15) is 4.79 Å². The van der Waals surface area contributed by atoms with Crippen LogP contribution < -0.4 is 0 Å². The summed E-state index contributed by atoms with van der Waals surface area (Å²) < 4.78 is 11.3. The number of ether oxygens (including phenoxy) is 2. The number of esters is 1. The van der Waals surface area contributed by atoms with Gasteiger partial charge in [-0.25, -0.2) is 4.79 Å². The molecular formula is C20H30O3. The highest BCUT2D eigenvalue weighted by atomic mass is 16.6. The van der Waals surface area contributed by atoms with E-state index in [1.807, 2.05) is 30.3 Å². The molecule has 1 saturated carbocycles. The average Bonchev–Trinajstić information content (AvgIpc) is 2.53. The van der Waals surface area contributed by atoms with Crippen molar-refractivity contribution in [1.82, 2.24) is 0 Å². The van der Waals surface area contributed by atoms with Gasteiger partial charge >= 0.3 is 5.97 Å². The third kappa shape index (κ3) is 5.07. The number of carbonyl (C=O) groups is 1. The Labute approximate surface area is 140 Å². The number of rotatable bonds is 6. The van der Waals surface area contributed by atoms with Crippen LogP contribution in [0.2, 0.25) is 0 Å². The van der Waals surface area contributed by atoms with Crippen LogP contribution in [0.5, 0.6) is 0 Å². The number of benzene rings is 1. The van der Waals surface area contributed by atoms with Gasteiger partial charge in [-0.15, -0.1) is 0 Å². The second-order valence-corrected chi connectivity index (χ2v) is 7.22. The highest BCUT2D eigenvalue weighted by Gasteiger charge is 2.35. The summed E-state index contributed by atoms with van der Waals surface area (Å²) in [5, 5.41) is 0. The molecule has 3 heteroatoms. The maximum Gasteiger partial charge on any atom is 0.335 e. The molecule has 2 rings (SSSR count). The molecule has 0 aliphatic heterocycles. The van der Waals surface area contributed by atoms with E-state index in [-0.39, 0.29) is 12.1 Å². The number of methoxy groups -OCH3 is 1. The highest BCUT2D eigenvalue weighted by molar-refractivity contribution is 5.75. The molecule has 0 unspecified atom stereocenters. The summed E-state index contributed by atoms with van der Waals surface area (Å²) in [4.78, 5) is 12.6. The van der Waals surface area contributed by atoms with Gasteiger partial charge in [0, 0.05) is 13.5 Å². The van der Waals surface area contributed by atoms with Gasteiger partial charge in [0.05, 0.1) is 0 Å². The van der Waals surface area contributed by atoms with Gasteiger partial charge in [-0.05, 0) is 36.2 Å². The number of hydrogen-bond donors (Lipinski definition) is 0. The third-order valence-electron chi connectivity index (χ3n) is 5.04. The fourth-order valence-corrected chi connectivity index (χ4v) is 3.57. The van der Waals surface area contributed by atoms with Crippen LogP contribution >= 0.6 is 0 Å². The number of carbonyl (C=O) groups excluding carboxylic acids is 1. The Kier molecular flexibility index (Phi) is 6.64. The first-order valence-electron chi connectivity index (χ1n) is 8.78. The summed E-state index contributed by atoms with van der Waals surface area (Å²) in [7, 11) is 1.58. The molecule has 0 bridgehead atoms. The van der Waals surface area contributed by atoms with E-state index in [2.05, 4.69) is 20.8 Å². The van der Waals surface area contributed by atoms with Gasteiger partial charge in [0.2, 0.25) is 0 Å². The lowest BCUT2D eigenvalue weighted by molar-refractivity contribution is -0.167. The molecule has 0 radical (unpaired) electrons. The topological polar surface area (TPSA) is 35.5 Å². The van der Waals surface area contributed by atoms with E-state index in [4.69, 9.17) is 9.47 Å². The van der Waals surface area contributed by atoms with Crippen molar-refractivity contribution >= 4 is 5.97 Å². The molecule has 1 fully saturated rings. The van der Waals surface area contributed by atoms with E-state index in [1.54, 1.807) is 7.11 Å². The summed E-state index contributed by atoms with van der Waals surface area (Å²) >= 11 is 0. The van der Waals surface area contributed by atoms with Crippen molar-refractivity contribution in [2.24, 2.45) is 17.8 Å². The van der Waals surface area contributed by atoms with Crippen LogP contribution in [0, 0.1) is 17.8 Å². The molecule has 0 N–H and O–H groups in total. The summed E-state index contributed by atoms with van der Waals surface area (Å²) in [5.41, 5.74) is 1.09. The van der Waals surface area contributed by atoms with Crippen LogP contribution in [0.15, 0.2) is 30.3 Å². The zero-order chi connectivity index (χ0) is 16.8. The van der Waals surface area contributed by atoms with Gasteiger partial charge in [-0.1, -0.05) is 57.5 Å². The fourth-order valence-electron chi connectivity index (χ4n) is 3.57. The zero-order valence-electron chi connectivity index (χ0n) is 14.8. The van der Waals surface area contributed by atoms with Crippen molar-refractivity contribution in [2.75, 3.05) is 7.11 Å². The minimum atomic E-state index is -0.526. The molecule has 0 heterocycles. The minimum absolute atomic E-state index is 0.0275. The summed E-state index contributed by atoms with van der Waals surface area (Å²) in [5.74, 6) is 1.40. The highest BCUT2D eigenvalue weighted by Crippen LogP contribution is 2.35. The Bertz CT molecular complexity index is 483. The molecule has 3 nitrogen and oxygen atoms in total. The van der Waals surface area contributed by atoms with Crippen LogP contribution in [0.25, 0.3) is 0 Å². The average molecular weight is 318 g/mol. The first-order valence-corrected chi connectivity index (χ1v) is 8.78. The monoisotopic (exact) mass is 318 g/mol. The molecule has 128 valence electrons. The van der Waals surface area contributed by atoms with E-state index < -0.39 is 6.10 Å². The van der Waals surface area contributed by atoms with E-state index in [1.165, 1.54) is 6.42 Å². The maximum atomic E-state index is 12.6.